The monoisotopic (exact) mass is 408 g/mol. The molecule has 29 heavy (non-hydrogen) atoms. The van der Waals surface area contributed by atoms with Crippen molar-refractivity contribution in [1.29, 1.82) is 0 Å². The number of nitrogens with two attached hydrogens (primary N) is 1. The van der Waals surface area contributed by atoms with Crippen LogP contribution in [0.25, 0.3) is 22.2 Å². The zero-order chi connectivity index (χ0) is 20.5. The van der Waals surface area contributed by atoms with Gasteiger partial charge in [-0.3, -0.25) is 9.36 Å². The highest BCUT2D eigenvalue weighted by atomic mass is 35.5. The Labute approximate surface area is 171 Å². The molecule has 8 nitrogen and oxygen atoms in total. The molecule has 0 radical (unpaired) electrons. The highest BCUT2D eigenvalue weighted by molar-refractivity contribution is 6.34. The van der Waals surface area contributed by atoms with Crippen molar-refractivity contribution >= 4 is 34.3 Å². The second-order valence-corrected chi connectivity index (χ2v) is 6.65. The third kappa shape index (κ3) is 3.45. The van der Waals surface area contributed by atoms with Crippen LogP contribution in [0, 0.1) is 0 Å². The minimum atomic E-state index is -0.180. The van der Waals surface area contributed by atoms with E-state index in [1.54, 1.807) is 32.3 Å². The fourth-order valence-corrected chi connectivity index (χ4v) is 3.07. The molecule has 0 amide bonds. The van der Waals surface area contributed by atoms with Gasteiger partial charge in [-0.05, 0) is 24.3 Å². The van der Waals surface area contributed by atoms with Crippen LogP contribution in [0.4, 0.5) is 11.8 Å². The topological polar surface area (TPSA) is 108 Å². The fraction of sp³-hybridized carbons (Fsp3) is 0.100. The first kappa shape index (κ1) is 18.7. The van der Waals surface area contributed by atoms with E-state index < -0.39 is 0 Å². The van der Waals surface area contributed by atoms with Gasteiger partial charge in [0.2, 0.25) is 5.95 Å². The quantitative estimate of drug-likeness (QED) is 0.532. The first-order valence-corrected chi connectivity index (χ1v) is 9.08. The first-order chi connectivity index (χ1) is 14.0. The maximum atomic E-state index is 12.6. The Morgan fingerprint density at radius 3 is 2.79 bits per heavy atom. The minimum absolute atomic E-state index is 0.180. The Kier molecular flexibility index (Phi) is 4.77. The molecule has 0 aliphatic rings. The molecule has 4 rings (SSSR count). The van der Waals surface area contributed by atoms with E-state index in [0.717, 1.165) is 10.9 Å². The number of nitrogen functional groups attached to an aromatic ring is 1. The second kappa shape index (κ2) is 7.40. The van der Waals surface area contributed by atoms with Gasteiger partial charge in [0.25, 0.3) is 5.56 Å². The predicted molar refractivity (Wildman–Crippen MR) is 113 cm³/mol. The predicted octanol–water partition coefficient (Wildman–Crippen LogP) is 3.46. The van der Waals surface area contributed by atoms with Crippen molar-refractivity contribution in [3.05, 3.63) is 64.2 Å². The van der Waals surface area contributed by atoms with E-state index in [-0.39, 0.29) is 16.4 Å². The maximum Gasteiger partial charge on any atom is 0.264 e. The Morgan fingerprint density at radius 1 is 1.17 bits per heavy atom. The molecular weight excluding hydrogens is 392 g/mol. The largest absolute Gasteiger partial charge is 0.456 e. The van der Waals surface area contributed by atoms with Crippen LogP contribution in [0.3, 0.4) is 0 Å². The van der Waals surface area contributed by atoms with Gasteiger partial charge in [0, 0.05) is 37.9 Å². The zero-order valence-electron chi connectivity index (χ0n) is 15.7. The molecule has 0 bridgehead atoms. The summed E-state index contributed by atoms with van der Waals surface area (Å²) >= 11 is 6.13. The van der Waals surface area contributed by atoms with Crippen molar-refractivity contribution in [2.24, 2.45) is 7.05 Å². The summed E-state index contributed by atoms with van der Waals surface area (Å²) in [5, 5.41) is 3.98. The van der Waals surface area contributed by atoms with E-state index in [2.05, 4.69) is 20.3 Å². The normalized spacial score (nSPS) is 10.9. The van der Waals surface area contributed by atoms with Crippen molar-refractivity contribution in [1.82, 2.24) is 19.5 Å². The lowest BCUT2D eigenvalue weighted by Crippen LogP contribution is -2.22. The summed E-state index contributed by atoms with van der Waals surface area (Å²) < 4.78 is 7.27. The number of pyridine rings is 2. The number of nitrogens with one attached hydrogen (secondary N) is 1. The maximum absolute atomic E-state index is 12.6. The van der Waals surface area contributed by atoms with Crippen LogP contribution in [0.2, 0.25) is 5.02 Å². The SMILES string of the molecule is CNc1ncc(-c2ccc3cc(Oc4ccnc(N)c4Cl)ccc3n2)c(=O)n1C. The standard InChI is InChI=1S/C20H17ClN6O2/c1-23-20-25-10-13(19(28)27(20)2)15-5-3-11-9-12(4-6-14(11)26-15)29-16-7-8-24-18(22)17(16)21/h3-10H,1-2H3,(H2,22,24)(H,23,25). The molecule has 0 aliphatic carbocycles. The fourth-order valence-electron chi connectivity index (χ4n) is 2.92. The van der Waals surface area contributed by atoms with Crippen molar-refractivity contribution in [2.45, 2.75) is 0 Å². The van der Waals surface area contributed by atoms with E-state index >= 15 is 0 Å². The molecule has 1 aromatic carbocycles. The van der Waals surface area contributed by atoms with Crippen LogP contribution in [-0.4, -0.2) is 26.6 Å². The van der Waals surface area contributed by atoms with Crippen molar-refractivity contribution in [2.75, 3.05) is 18.1 Å². The lowest BCUT2D eigenvalue weighted by molar-refractivity contribution is 0.483. The van der Waals surface area contributed by atoms with Crippen LogP contribution < -0.4 is 21.3 Å². The number of benzene rings is 1. The number of halogens is 1. The number of nitrogens with zero attached hydrogens (tertiary/aromatic N) is 4. The molecule has 146 valence electrons. The highest BCUT2D eigenvalue weighted by Crippen LogP contribution is 2.33. The van der Waals surface area contributed by atoms with Crippen molar-refractivity contribution in [3.63, 3.8) is 0 Å². The number of ether oxygens (including phenoxy) is 1. The van der Waals surface area contributed by atoms with Gasteiger partial charge >= 0.3 is 0 Å². The molecule has 0 fully saturated rings. The van der Waals surface area contributed by atoms with E-state index in [1.807, 2.05) is 18.2 Å². The van der Waals surface area contributed by atoms with Gasteiger partial charge in [0.1, 0.15) is 16.6 Å². The highest BCUT2D eigenvalue weighted by Gasteiger charge is 2.12. The van der Waals surface area contributed by atoms with Gasteiger partial charge in [-0.1, -0.05) is 17.7 Å². The van der Waals surface area contributed by atoms with Crippen molar-refractivity contribution < 1.29 is 4.74 Å². The van der Waals surface area contributed by atoms with Crippen LogP contribution in [0.1, 0.15) is 0 Å². The molecule has 0 atom stereocenters. The summed E-state index contributed by atoms with van der Waals surface area (Å²) in [6.45, 7) is 0. The summed E-state index contributed by atoms with van der Waals surface area (Å²) in [7, 11) is 3.37. The summed E-state index contributed by atoms with van der Waals surface area (Å²) in [6, 6.07) is 10.7. The van der Waals surface area contributed by atoms with Crippen LogP contribution in [-0.2, 0) is 7.05 Å². The smallest absolute Gasteiger partial charge is 0.264 e. The third-order valence-electron chi connectivity index (χ3n) is 4.44. The Balaban J connectivity index is 1.70. The summed E-state index contributed by atoms with van der Waals surface area (Å²) in [5.74, 6) is 1.69. The molecule has 0 saturated heterocycles. The zero-order valence-corrected chi connectivity index (χ0v) is 16.4. The van der Waals surface area contributed by atoms with E-state index in [9.17, 15) is 4.79 Å². The van der Waals surface area contributed by atoms with Gasteiger partial charge in [0.15, 0.2) is 5.75 Å². The molecule has 0 aliphatic heterocycles. The number of rotatable bonds is 4. The second-order valence-electron chi connectivity index (χ2n) is 6.27. The average molecular weight is 409 g/mol. The third-order valence-corrected chi connectivity index (χ3v) is 4.82. The number of hydrogen-bond acceptors (Lipinski definition) is 7. The lowest BCUT2D eigenvalue weighted by atomic mass is 10.1. The number of fused-ring (bicyclic) bond motifs is 1. The van der Waals surface area contributed by atoms with Gasteiger partial charge in [-0.15, -0.1) is 0 Å². The van der Waals surface area contributed by atoms with E-state index in [0.29, 0.717) is 28.7 Å². The molecular formula is C20H17ClN6O2. The first-order valence-electron chi connectivity index (χ1n) is 8.70. The van der Waals surface area contributed by atoms with E-state index in [1.165, 1.54) is 17.0 Å². The van der Waals surface area contributed by atoms with Gasteiger partial charge in [-0.2, -0.15) is 0 Å². The van der Waals surface area contributed by atoms with Crippen LogP contribution in [0.15, 0.2) is 53.6 Å². The minimum Gasteiger partial charge on any atom is -0.456 e. The molecule has 4 aromatic rings. The number of aromatic nitrogens is 4. The molecule has 0 spiro atoms. The molecule has 9 heteroatoms. The number of hydrogen-bond donors (Lipinski definition) is 2. The Bertz CT molecular complexity index is 1290. The average Bonchev–Trinajstić information content (AvgIpc) is 2.73. The summed E-state index contributed by atoms with van der Waals surface area (Å²) in [5.41, 5.74) is 7.22. The van der Waals surface area contributed by atoms with Gasteiger partial charge in [-0.25, -0.2) is 15.0 Å². The summed E-state index contributed by atoms with van der Waals surface area (Å²) in [6.07, 6.45) is 3.05. The number of anilines is 2. The molecule has 3 N–H and O–H groups in total. The summed E-state index contributed by atoms with van der Waals surface area (Å²) in [4.78, 5) is 25.4. The van der Waals surface area contributed by atoms with Gasteiger partial charge in [0.05, 0.1) is 16.8 Å². The van der Waals surface area contributed by atoms with E-state index in [4.69, 9.17) is 22.1 Å². The molecule has 0 saturated carbocycles. The Morgan fingerprint density at radius 2 is 2.00 bits per heavy atom. The van der Waals surface area contributed by atoms with Crippen molar-refractivity contribution in [3.8, 4) is 22.8 Å². The lowest BCUT2D eigenvalue weighted by Gasteiger charge is -2.10. The van der Waals surface area contributed by atoms with Crippen LogP contribution >= 0.6 is 11.6 Å². The van der Waals surface area contributed by atoms with Crippen LogP contribution in [0.5, 0.6) is 11.5 Å². The van der Waals surface area contributed by atoms with Gasteiger partial charge < -0.3 is 15.8 Å². The molecule has 3 heterocycles. The molecule has 3 aromatic heterocycles. The molecule has 0 unspecified atom stereocenters. The Hall–Kier alpha value is -3.65.